The lowest BCUT2D eigenvalue weighted by atomic mass is 9.61. The molecule has 0 spiro atoms. The quantitative estimate of drug-likeness (QED) is 0.0695. The van der Waals surface area contributed by atoms with E-state index >= 15 is 0 Å². The normalized spacial score (nSPS) is 26.5. The number of aryl methyl sites for hydroxylation is 1. The summed E-state index contributed by atoms with van der Waals surface area (Å²) in [4.78, 5) is 44.7. The second kappa shape index (κ2) is 18.6. The standard InChI is InChI=1S/C53H58N2O7/c1-5-16-47-54-51(62-55-47)53(31-32-53)46(61-50(58)40-21-13-8-14-22-40)29-24-35(2)43-27-28-44-37(23-15-30-52(43,44)4)25-26-41-33-42(59-48(56)38-17-9-6-10-18-38)34-45(36(41)3)60-49(57)39-19-11-7-12-20-39/h6-14,17-22,24-26,29,35,42-46H,3,5,15-16,23,27-28,30-34H2,1-2,4H3/t35-,42-,43-,44+,45+,46+,52-/m1/s1. The molecule has 0 aliphatic heterocycles. The summed E-state index contributed by atoms with van der Waals surface area (Å²) in [5.74, 6) is 1.10. The smallest absolute Gasteiger partial charge is 0.338 e. The highest BCUT2D eigenvalue weighted by atomic mass is 16.6. The Kier molecular flexibility index (Phi) is 12.9. The predicted octanol–water partition coefficient (Wildman–Crippen LogP) is 11.3. The molecule has 4 fully saturated rings. The van der Waals surface area contributed by atoms with Gasteiger partial charge in [0.2, 0.25) is 5.89 Å². The van der Waals surface area contributed by atoms with Gasteiger partial charge in [-0.25, -0.2) is 14.4 Å². The van der Waals surface area contributed by atoms with E-state index in [9.17, 15) is 14.4 Å². The van der Waals surface area contributed by atoms with Crippen molar-refractivity contribution in [2.75, 3.05) is 0 Å². The number of hydrogen-bond donors (Lipinski definition) is 0. The first-order chi connectivity index (χ1) is 30.1. The van der Waals surface area contributed by atoms with Gasteiger partial charge in [-0.3, -0.25) is 0 Å². The highest BCUT2D eigenvalue weighted by molar-refractivity contribution is 5.90. The molecular weight excluding hydrogens is 777 g/mol. The molecule has 4 saturated carbocycles. The minimum atomic E-state index is -0.640. The number of aromatic nitrogens is 2. The molecule has 322 valence electrons. The number of rotatable bonds is 14. The molecule has 0 bridgehead atoms. The lowest BCUT2D eigenvalue weighted by Gasteiger charge is -2.44. The maximum absolute atomic E-state index is 13.5. The fourth-order valence-electron chi connectivity index (χ4n) is 10.4. The number of ether oxygens (including phenoxy) is 3. The first-order valence-corrected chi connectivity index (χ1v) is 22.5. The highest BCUT2D eigenvalue weighted by Gasteiger charge is 2.57. The molecule has 9 heteroatoms. The van der Waals surface area contributed by atoms with Gasteiger partial charge < -0.3 is 18.7 Å². The lowest BCUT2D eigenvalue weighted by Crippen LogP contribution is -2.36. The van der Waals surface area contributed by atoms with E-state index in [0.29, 0.717) is 53.1 Å². The van der Waals surface area contributed by atoms with Crippen molar-refractivity contribution < 1.29 is 33.1 Å². The fourth-order valence-corrected chi connectivity index (χ4v) is 10.4. The van der Waals surface area contributed by atoms with Crippen LogP contribution in [0.25, 0.3) is 0 Å². The Balaban J connectivity index is 1.01. The van der Waals surface area contributed by atoms with Crippen LogP contribution in [-0.4, -0.2) is 46.4 Å². The topological polar surface area (TPSA) is 118 Å². The summed E-state index contributed by atoms with van der Waals surface area (Å²) >= 11 is 0. The van der Waals surface area contributed by atoms with Gasteiger partial charge in [0.05, 0.1) is 22.1 Å². The fraction of sp³-hybridized carbons (Fsp3) is 0.415. The second-order valence-corrected chi connectivity index (χ2v) is 18.0. The molecule has 1 aromatic heterocycles. The van der Waals surface area contributed by atoms with Crippen molar-refractivity contribution in [2.45, 2.75) is 115 Å². The summed E-state index contributed by atoms with van der Waals surface area (Å²) in [5.41, 5.74) is 4.07. The van der Waals surface area contributed by atoms with Gasteiger partial charge in [0.1, 0.15) is 18.3 Å². The monoisotopic (exact) mass is 834 g/mol. The zero-order chi connectivity index (χ0) is 43.3. The van der Waals surface area contributed by atoms with Crippen LogP contribution in [0.3, 0.4) is 0 Å². The van der Waals surface area contributed by atoms with Crippen LogP contribution >= 0.6 is 0 Å². The molecule has 0 radical (unpaired) electrons. The maximum Gasteiger partial charge on any atom is 0.338 e. The van der Waals surface area contributed by atoms with Crippen molar-refractivity contribution in [1.29, 1.82) is 0 Å². The SMILES string of the molecule is C=C1C(=CC=C2CCC[C@]3(C)[C@@H]([C@H](C)C=C[C@H](OC(=O)c4ccccc4)C4(c5nc(CCC)no5)CC4)CC[C@@H]23)C[C@@H](OC(=O)c2ccccc2)C[C@@H]1OC(=O)c1ccccc1. The lowest BCUT2D eigenvalue weighted by molar-refractivity contribution is 0.00211. The summed E-state index contributed by atoms with van der Waals surface area (Å²) in [6.07, 6.45) is 16.6. The molecule has 9 nitrogen and oxygen atoms in total. The van der Waals surface area contributed by atoms with Crippen molar-refractivity contribution in [2.24, 2.45) is 23.2 Å². The molecule has 4 aromatic rings. The van der Waals surface area contributed by atoms with Crippen molar-refractivity contribution in [3.63, 3.8) is 0 Å². The number of hydrogen-bond acceptors (Lipinski definition) is 9. The first-order valence-electron chi connectivity index (χ1n) is 22.5. The van der Waals surface area contributed by atoms with Gasteiger partial charge in [-0.1, -0.05) is 111 Å². The first kappa shape index (κ1) is 42.8. The van der Waals surface area contributed by atoms with Gasteiger partial charge in [-0.05, 0) is 128 Å². The summed E-state index contributed by atoms with van der Waals surface area (Å²) in [5, 5.41) is 4.25. The van der Waals surface area contributed by atoms with E-state index < -0.39 is 35.7 Å². The van der Waals surface area contributed by atoms with E-state index in [1.807, 2.05) is 42.5 Å². The van der Waals surface area contributed by atoms with Crippen molar-refractivity contribution >= 4 is 17.9 Å². The Labute approximate surface area is 365 Å². The molecule has 0 unspecified atom stereocenters. The Morgan fingerprint density at radius 2 is 1.47 bits per heavy atom. The zero-order valence-electron chi connectivity index (χ0n) is 36.2. The number of benzene rings is 3. The molecule has 4 aliphatic rings. The van der Waals surface area contributed by atoms with Gasteiger partial charge in [0, 0.05) is 19.3 Å². The summed E-state index contributed by atoms with van der Waals surface area (Å²) in [6.45, 7) is 11.3. The van der Waals surface area contributed by atoms with E-state index in [1.165, 1.54) is 5.57 Å². The Hall–Kier alpha value is -5.83. The van der Waals surface area contributed by atoms with Crippen LogP contribution in [0.15, 0.2) is 143 Å². The van der Waals surface area contributed by atoms with Gasteiger partial charge in [-0.2, -0.15) is 4.98 Å². The molecule has 3 aromatic carbocycles. The van der Waals surface area contributed by atoms with Crippen LogP contribution in [0, 0.1) is 23.2 Å². The predicted molar refractivity (Wildman–Crippen MR) is 237 cm³/mol. The third kappa shape index (κ3) is 9.18. The summed E-state index contributed by atoms with van der Waals surface area (Å²) in [7, 11) is 0. The van der Waals surface area contributed by atoms with Crippen molar-refractivity contribution in [1.82, 2.24) is 10.1 Å². The number of carbonyl (C=O) groups is 3. The molecule has 0 saturated heterocycles. The Morgan fingerprint density at radius 1 is 0.839 bits per heavy atom. The van der Waals surface area contributed by atoms with E-state index in [1.54, 1.807) is 48.5 Å². The van der Waals surface area contributed by atoms with Crippen LogP contribution in [0.4, 0.5) is 0 Å². The second-order valence-electron chi connectivity index (χ2n) is 18.0. The Bertz CT molecular complexity index is 2330. The van der Waals surface area contributed by atoms with E-state index in [0.717, 1.165) is 68.9 Å². The molecule has 0 amide bonds. The van der Waals surface area contributed by atoms with Crippen LogP contribution < -0.4 is 0 Å². The number of esters is 3. The highest BCUT2D eigenvalue weighted by Crippen LogP contribution is 2.60. The third-order valence-electron chi connectivity index (χ3n) is 14.0. The van der Waals surface area contributed by atoms with E-state index in [2.05, 4.69) is 56.8 Å². The largest absolute Gasteiger partial charge is 0.458 e. The minimum absolute atomic E-state index is 0.0758. The average molecular weight is 835 g/mol. The van der Waals surface area contributed by atoms with Gasteiger partial charge >= 0.3 is 17.9 Å². The zero-order valence-corrected chi connectivity index (χ0v) is 36.2. The summed E-state index contributed by atoms with van der Waals surface area (Å²) in [6, 6.07) is 27.1. The molecule has 62 heavy (non-hydrogen) atoms. The number of fused-ring (bicyclic) bond motifs is 1. The van der Waals surface area contributed by atoms with E-state index in [-0.39, 0.29) is 17.3 Å². The molecule has 0 N–H and O–H groups in total. The van der Waals surface area contributed by atoms with Crippen LogP contribution in [0.5, 0.6) is 0 Å². The molecule has 7 atom stereocenters. The third-order valence-corrected chi connectivity index (χ3v) is 14.0. The molecule has 4 aliphatic carbocycles. The van der Waals surface area contributed by atoms with Gasteiger partial charge in [0.25, 0.3) is 0 Å². The molecule has 1 heterocycles. The number of carbonyl (C=O) groups excluding carboxylic acids is 3. The van der Waals surface area contributed by atoms with Gasteiger partial charge in [-0.15, -0.1) is 0 Å². The van der Waals surface area contributed by atoms with Crippen LogP contribution in [0.2, 0.25) is 0 Å². The van der Waals surface area contributed by atoms with E-state index in [4.69, 9.17) is 23.7 Å². The minimum Gasteiger partial charge on any atom is -0.458 e. The van der Waals surface area contributed by atoms with Crippen LogP contribution in [0.1, 0.15) is 128 Å². The molecular formula is C53H58N2O7. The van der Waals surface area contributed by atoms with Crippen LogP contribution in [-0.2, 0) is 26.0 Å². The number of allylic oxidation sites excluding steroid dienone is 4. The van der Waals surface area contributed by atoms with Crippen molar-refractivity contribution in [3.05, 3.63) is 167 Å². The average Bonchev–Trinajstić information content (AvgIpc) is 3.82. The number of nitrogens with zero attached hydrogens (tertiary/aromatic N) is 2. The maximum atomic E-state index is 13.5. The summed E-state index contributed by atoms with van der Waals surface area (Å²) < 4.78 is 24.3. The Morgan fingerprint density at radius 3 is 2.10 bits per heavy atom. The molecule has 8 rings (SSSR count). The van der Waals surface area contributed by atoms with Crippen molar-refractivity contribution in [3.8, 4) is 0 Å². The van der Waals surface area contributed by atoms with Gasteiger partial charge in [0.15, 0.2) is 5.82 Å².